The third-order valence-electron chi connectivity index (χ3n) is 2.65. The number of amides is 1. The van der Waals surface area contributed by atoms with E-state index < -0.39 is 0 Å². The molecule has 0 fully saturated rings. The van der Waals surface area contributed by atoms with Gasteiger partial charge in [-0.25, -0.2) is 10.8 Å². The summed E-state index contributed by atoms with van der Waals surface area (Å²) in [7, 11) is 0. The number of nitrogens with zero attached hydrogens (tertiary/aromatic N) is 3. The van der Waals surface area contributed by atoms with Gasteiger partial charge in [-0.3, -0.25) is 9.48 Å². The lowest BCUT2D eigenvalue weighted by Gasteiger charge is -2.07. The minimum absolute atomic E-state index is 0.219. The minimum Gasteiger partial charge on any atom is -0.352 e. The van der Waals surface area contributed by atoms with E-state index in [4.69, 9.17) is 17.4 Å². The van der Waals surface area contributed by atoms with Gasteiger partial charge < -0.3 is 10.7 Å². The van der Waals surface area contributed by atoms with Gasteiger partial charge in [0.25, 0.3) is 5.91 Å². The molecular weight excluding hydrogens is 280 g/mol. The van der Waals surface area contributed by atoms with E-state index in [1.54, 1.807) is 6.20 Å². The van der Waals surface area contributed by atoms with Crippen molar-refractivity contribution >= 4 is 23.3 Å². The number of halogens is 1. The number of hydrazine groups is 1. The molecule has 2 heterocycles. The summed E-state index contributed by atoms with van der Waals surface area (Å²) in [4.78, 5) is 15.8. The highest BCUT2D eigenvalue weighted by Crippen LogP contribution is 2.18. The Balaban J connectivity index is 1.81. The van der Waals surface area contributed by atoms with Crippen LogP contribution in [0.4, 0.5) is 5.82 Å². The number of carbonyl (C=O) groups excluding carboxylic acids is 1. The van der Waals surface area contributed by atoms with Crippen molar-refractivity contribution in [3.05, 3.63) is 41.3 Å². The molecule has 106 valence electrons. The molecule has 0 aliphatic heterocycles. The van der Waals surface area contributed by atoms with Gasteiger partial charge in [0, 0.05) is 31.7 Å². The standard InChI is InChI=1S/C12H15ClN6O/c13-10-7-9(8-16-11(10)18-14)12(20)15-3-1-5-19-6-2-4-17-19/h2,4,6-8H,1,3,5,14H2,(H,15,20)(H,16,18). The second-order valence-electron chi connectivity index (χ2n) is 4.08. The maximum atomic E-state index is 11.9. The number of nitrogens with one attached hydrogen (secondary N) is 2. The number of nitrogen functional groups attached to an aromatic ring is 1. The van der Waals surface area contributed by atoms with Gasteiger partial charge in [-0.2, -0.15) is 5.10 Å². The van der Waals surface area contributed by atoms with Gasteiger partial charge in [-0.1, -0.05) is 11.6 Å². The van der Waals surface area contributed by atoms with Crippen LogP contribution in [0, 0.1) is 0 Å². The average molecular weight is 295 g/mol. The van der Waals surface area contributed by atoms with Crippen LogP contribution >= 0.6 is 11.6 Å². The van der Waals surface area contributed by atoms with Gasteiger partial charge in [-0.05, 0) is 18.6 Å². The lowest BCUT2D eigenvalue weighted by Crippen LogP contribution is -2.25. The Morgan fingerprint density at radius 1 is 1.50 bits per heavy atom. The smallest absolute Gasteiger partial charge is 0.252 e. The van der Waals surface area contributed by atoms with Gasteiger partial charge in [0.1, 0.15) is 0 Å². The number of pyridine rings is 1. The maximum Gasteiger partial charge on any atom is 0.252 e. The van der Waals surface area contributed by atoms with Crippen LogP contribution in [0.3, 0.4) is 0 Å². The molecule has 0 aliphatic rings. The Labute approximate surface area is 121 Å². The van der Waals surface area contributed by atoms with Crippen LogP contribution < -0.4 is 16.6 Å². The highest BCUT2D eigenvalue weighted by Gasteiger charge is 2.08. The first kappa shape index (κ1) is 14.3. The fourth-order valence-corrected chi connectivity index (χ4v) is 1.87. The summed E-state index contributed by atoms with van der Waals surface area (Å²) in [5.41, 5.74) is 2.74. The largest absolute Gasteiger partial charge is 0.352 e. The summed E-state index contributed by atoms with van der Waals surface area (Å²) in [6.07, 6.45) is 5.81. The summed E-state index contributed by atoms with van der Waals surface area (Å²) in [5.74, 6) is 5.33. The van der Waals surface area contributed by atoms with Crippen LogP contribution in [0.15, 0.2) is 30.7 Å². The fourth-order valence-electron chi connectivity index (χ4n) is 1.65. The lowest BCUT2D eigenvalue weighted by atomic mass is 10.2. The van der Waals surface area contributed by atoms with Crippen molar-refractivity contribution in [2.24, 2.45) is 5.84 Å². The Kier molecular flexibility index (Phi) is 4.91. The first-order valence-electron chi connectivity index (χ1n) is 6.08. The average Bonchev–Trinajstić information content (AvgIpc) is 2.96. The number of aryl methyl sites for hydroxylation is 1. The third kappa shape index (κ3) is 3.69. The van der Waals surface area contributed by atoms with Crippen molar-refractivity contribution < 1.29 is 4.79 Å². The van der Waals surface area contributed by atoms with Gasteiger partial charge in [0.2, 0.25) is 0 Å². The Hall–Kier alpha value is -2.12. The third-order valence-corrected chi connectivity index (χ3v) is 2.94. The zero-order valence-corrected chi connectivity index (χ0v) is 11.5. The SMILES string of the molecule is NNc1ncc(C(=O)NCCCn2cccn2)cc1Cl. The van der Waals surface area contributed by atoms with E-state index in [0.29, 0.717) is 22.9 Å². The molecular formula is C12H15ClN6O. The van der Waals surface area contributed by atoms with Crippen LogP contribution in [0.1, 0.15) is 16.8 Å². The summed E-state index contributed by atoms with van der Waals surface area (Å²) in [6, 6.07) is 3.38. The molecule has 0 spiro atoms. The molecule has 0 bridgehead atoms. The fraction of sp³-hybridized carbons (Fsp3) is 0.250. The van der Waals surface area contributed by atoms with Gasteiger partial charge >= 0.3 is 0 Å². The van der Waals surface area contributed by atoms with E-state index in [1.165, 1.54) is 12.3 Å². The molecule has 1 amide bonds. The van der Waals surface area contributed by atoms with E-state index in [1.807, 2.05) is 16.9 Å². The molecule has 0 saturated carbocycles. The number of hydrogen-bond donors (Lipinski definition) is 3. The highest BCUT2D eigenvalue weighted by atomic mass is 35.5. The number of hydrogen-bond acceptors (Lipinski definition) is 5. The second kappa shape index (κ2) is 6.88. The Morgan fingerprint density at radius 2 is 2.35 bits per heavy atom. The van der Waals surface area contributed by atoms with E-state index in [-0.39, 0.29) is 5.91 Å². The molecule has 4 N–H and O–H groups in total. The van der Waals surface area contributed by atoms with Crippen molar-refractivity contribution in [2.45, 2.75) is 13.0 Å². The molecule has 20 heavy (non-hydrogen) atoms. The number of anilines is 1. The van der Waals surface area contributed by atoms with Crippen molar-refractivity contribution in [3.8, 4) is 0 Å². The van der Waals surface area contributed by atoms with Crippen LogP contribution in [-0.4, -0.2) is 27.2 Å². The number of aromatic nitrogens is 3. The predicted molar refractivity (Wildman–Crippen MR) is 76.2 cm³/mol. The van der Waals surface area contributed by atoms with Crippen molar-refractivity contribution in [2.75, 3.05) is 12.0 Å². The van der Waals surface area contributed by atoms with E-state index in [0.717, 1.165) is 13.0 Å². The molecule has 8 heteroatoms. The van der Waals surface area contributed by atoms with Crippen molar-refractivity contribution in [3.63, 3.8) is 0 Å². The lowest BCUT2D eigenvalue weighted by molar-refractivity contribution is 0.0952. The molecule has 2 rings (SSSR count). The molecule has 0 atom stereocenters. The first-order chi connectivity index (χ1) is 9.70. The zero-order valence-electron chi connectivity index (χ0n) is 10.7. The topological polar surface area (TPSA) is 97.9 Å². The van der Waals surface area contributed by atoms with Crippen molar-refractivity contribution in [1.29, 1.82) is 0 Å². The monoisotopic (exact) mass is 294 g/mol. The molecule has 7 nitrogen and oxygen atoms in total. The van der Waals surface area contributed by atoms with Crippen LogP contribution in [0.25, 0.3) is 0 Å². The van der Waals surface area contributed by atoms with Crippen LogP contribution in [0.5, 0.6) is 0 Å². The predicted octanol–water partition coefficient (Wildman–Crippen LogP) is 1.04. The summed E-state index contributed by atoms with van der Waals surface area (Å²) >= 11 is 5.91. The van der Waals surface area contributed by atoms with E-state index in [9.17, 15) is 4.79 Å². The summed E-state index contributed by atoms with van der Waals surface area (Å²) in [6.45, 7) is 1.30. The maximum absolute atomic E-state index is 11.9. The second-order valence-corrected chi connectivity index (χ2v) is 4.48. The van der Waals surface area contributed by atoms with E-state index >= 15 is 0 Å². The van der Waals surface area contributed by atoms with Crippen LogP contribution in [-0.2, 0) is 6.54 Å². The number of carbonyl (C=O) groups is 1. The zero-order chi connectivity index (χ0) is 14.4. The molecule has 0 saturated heterocycles. The summed E-state index contributed by atoms with van der Waals surface area (Å²) in [5, 5.41) is 7.18. The molecule has 2 aromatic rings. The van der Waals surface area contributed by atoms with Gasteiger partial charge in [0.05, 0.1) is 10.6 Å². The number of rotatable bonds is 6. The molecule has 0 unspecified atom stereocenters. The quantitative estimate of drug-likeness (QED) is 0.420. The van der Waals surface area contributed by atoms with Gasteiger partial charge in [-0.15, -0.1) is 0 Å². The van der Waals surface area contributed by atoms with E-state index in [2.05, 4.69) is 20.8 Å². The Bertz CT molecular complexity index is 571. The highest BCUT2D eigenvalue weighted by molar-refractivity contribution is 6.33. The number of nitrogens with two attached hydrogens (primary N) is 1. The van der Waals surface area contributed by atoms with Gasteiger partial charge in [0.15, 0.2) is 5.82 Å². The normalized spacial score (nSPS) is 10.3. The minimum atomic E-state index is -0.219. The van der Waals surface area contributed by atoms with Crippen molar-refractivity contribution in [1.82, 2.24) is 20.1 Å². The Morgan fingerprint density at radius 3 is 3.00 bits per heavy atom. The summed E-state index contributed by atoms with van der Waals surface area (Å²) < 4.78 is 1.81. The molecule has 0 radical (unpaired) electrons. The molecule has 0 aliphatic carbocycles. The molecule has 0 aromatic carbocycles. The molecule has 2 aromatic heterocycles. The first-order valence-corrected chi connectivity index (χ1v) is 6.46. The van der Waals surface area contributed by atoms with Crippen LogP contribution in [0.2, 0.25) is 5.02 Å².